The molecule has 2 aliphatic rings. The number of nitrogens with one attached hydrogen (secondary N) is 3. The van der Waals surface area contributed by atoms with Crippen molar-refractivity contribution in [2.45, 2.75) is 38.8 Å². The van der Waals surface area contributed by atoms with Crippen LogP contribution in [0.25, 0.3) is 10.9 Å². The quantitative estimate of drug-likeness (QED) is 0.206. The molecule has 2 aromatic carbocycles. The number of benzene rings is 2. The number of phenols is 1. The molecule has 0 spiro atoms. The second-order valence-corrected chi connectivity index (χ2v) is 9.70. The number of aromatic hydroxyl groups is 1. The van der Waals surface area contributed by atoms with Gasteiger partial charge in [-0.05, 0) is 62.2 Å². The van der Waals surface area contributed by atoms with Crippen molar-refractivity contribution >= 4 is 28.2 Å². The zero-order chi connectivity index (χ0) is 25.8. The summed E-state index contributed by atoms with van der Waals surface area (Å²) in [5, 5.41) is 27.8. The van der Waals surface area contributed by atoms with Gasteiger partial charge >= 0.3 is 5.97 Å². The summed E-state index contributed by atoms with van der Waals surface area (Å²) in [6.45, 7) is 4.71. The van der Waals surface area contributed by atoms with E-state index in [-0.39, 0.29) is 31.3 Å². The minimum absolute atomic E-state index is 0.179. The zero-order valence-corrected chi connectivity index (χ0v) is 20.9. The van der Waals surface area contributed by atoms with Crippen LogP contribution in [-0.2, 0) is 20.9 Å². The van der Waals surface area contributed by atoms with Crippen molar-refractivity contribution in [3.63, 3.8) is 0 Å². The molecule has 10 nitrogen and oxygen atoms in total. The van der Waals surface area contributed by atoms with E-state index < -0.39 is 6.10 Å². The fourth-order valence-corrected chi connectivity index (χ4v) is 4.88. The smallest absolute Gasteiger partial charge is 0.303 e. The summed E-state index contributed by atoms with van der Waals surface area (Å²) >= 11 is 0. The normalized spacial score (nSPS) is 18.7. The average Bonchev–Trinajstić information content (AvgIpc) is 3.51. The van der Waals surface area contributed by atoms with Crippen LogP contribution in [0.15, 0.2) is 42.5 Å². The lowest BCUT2D eigenvalue weighted by Crippen LogP contribution is -2.42. The molecule has 10 heteroatoms. The van der Waals surface area contributed by atoms with Crippen LogP contribution in [0.1, 0.15) is 25.5 Å². The van der Waals surface area contributed by atoms with E-state index in [9.17, 15) is 15.0 Å². The molecule has 3 heterocycles. The lowest BCUT2D eigenvalue weighted by molar-refractivity contribution is -0.142. The maximum Gasteiger partial charge on any atom is 0.303 e. The Labute approximate surface area is 215 Å². The highest BCUT2D eigenvalue weighted by Gasteiger charge is 2.26. The number of nitrogens with zero attached hydrogens (tertiary/aromatic N) is 1. The third-order valence-electron chi connectivity index (χ3n) is 6.82. The fraction of sp³-hybridized carbons (Fsp3) is 0.444. The summed E-state index contributed by atoms with van der Waals surface area (Å²) in [5.74, 6) is 1.01. The number of rotatable bonds is 10. The second kappa shape index (κ2) is 11.3. The van der Waals surface area contributed by atoms with Crippen LogP contribution < -0.4 is 15.4 Å². The van der Waals surface area contributed by atoms with Gasteiger partial charge in [-0.15, -0.1) is 0 Å². The monoisotopic (exact) mass is 510 g/mol. The molecule has 0 bridgehead atoms. The SMILES string of the molecule is CC(=O)OCc1cc2c(OCC(O)CN3CCC(COC4Nc5cccc(O)c5N4)CC3)cccc2[nH]1. The van der Waals surface area contributed by atoms with Crippen molar-refractivity contribution in [1.82, 2.24) is 9.88 Å². The van der Waals surface area contributed by atoms with Gasteiger partial charge in [0, 0.05) is 24.4 Å². The number of carbonyl (C=O) groups is 1. The Bertz CT molecular complexity index is 1220. The number of para-hydroxylation sites is 1. The molecule has 0 radical (unpaired) electrons. The molecule has 0 saturated carbocycles. The van der Waals surface area contributed by atoms with Crippen molar-refractivity contribution in [2.75, 3.05) is 43.5 Å². The van der Waals surface area contributed by atoms with Crippen LogP contribution in [0, 0.1) is 5.92 Å². The van der Waals surface area contributed by atoms with Gasteiger partial charge in [-0.1, -0.05) is 12.1 Å². The predicted molar refractivity (Wildman–Crippen MR) is 140 cm³/mol. The molecule has 1 saturated heterocycles. The lowest BCUT2D eigenvalue weighted by atomic mass is 9.97. The van der Waals surface area contributed by atoms with Gasteiger partial charge in [0.25, 0.3) is 0 Å². The standard InChI is InChI=1S/C27H34N4O6/c1-17(32)35-15-19-12-21-22(28-19)4-3-7-25(21)36-16-20(33)13-31-10-8-18(9-11-31)14-37-27-29-23-5-2-6-24(34)26(23)30-27/h2-7,12,18,20,27-30,33-34H,8-11,13-16H2,1H3. The number of likely N-dealkylation sites (tertiary alicyclic amines) is 1. The van der Waals surface area contributed by atoms with Gasteiger partial charge in [0.1, 0.15) is 36.5 Å². The molecular weight excluding hydrogens is 476 g/mol. The number of hydrogen-bond acceptors (Lipinski definition) is 9. The van der Waals surface area contributed by atoms with Gasteiger partial charge in [0.2, 0.25) is 6.35 Å². The summed E-state index contributed by atoms with van der Waals surface area (Å²) in [5.41, 5.74) is 3.19. The predicted octanol–water partition coefficient (Wildman–Crippen LogP) is 3.23. The number of phenolic OH excluding ortho intramolecular Hbond substituents is 1. The van der Waals surface area contributed by atoms with Crippen LogP contribution in [-0.4, -0.2) is 71.4 Å². The highest BCUT2D eigenvalue weighted by atomic mass is 16.5. The highest BCUT2D eigenvalue weighted by Crippen LogP contribution is 2.37. The molecule has 3 aromatic rings. The molecule has 2 unspecified atom stereocenters. The van der Waals surface area contributed by atoms with Crippen molar-refractivity contribution in [3.8, 4) is 11.5 Å². The highest BCUT2D eigenvalue weighted by molar-refractivity contribution is 5.86. The molecule has 2 atom stereocenters. The number of anilines is 2. The Morgan fingerprint density at radius 1 is 1.16 bits per heavy atom. The molecule has 0 amide bonds. The van der Waals surface area contributed by atoms with Gasteiger partial charge in [0.05, 0.1) is 18.0 Å². The van der Waals surface area contributed by atoms with Gasteiger partial charge in [-0.2, -0.15) is 0 Å². The first-order chi connectivity index (χ1) is 17.9. The summed E-state index contributed by atoms with van der Waals surface area (Å²) in [6.07, 6.45) is 1.03. The van der Waals surface area contributed by atoms with Crippen molar-refractivity contribution < 1.29 is 29.2 Å². The molecule has 2 aliphatic heterocycles. The largest absolute Gasteiger partial charge is 0.506 e. The molecule has 5 N–H and O–H groups in total. The van der Waals surface area contributed by atoms with E-state index in [1.165, 1.54) is 6.92 Å². The van der Waals surface area contributed by atoms with E-state index in [2.05, 4.69) is 20.5 Å². The van der Waals surface area contributed by atoms with Crippen molar-refractivity contribution in [3.05, 3.63) is 48.2 Å². The summed E-state index contributed by atoms with van der Waals surface area (Å²) in [4.78, 5) is 16.6. The molecule has 1 fully saturated rings. The van der Waals surface area contributed by atoms with Crippen LogP contribution in [0.2, 0.25) is 0 Å². The third-order valence-corrected chi connectivity index (χ3v) is 6.82. The number of β-amino-alcohol motifs (C(OH)–C–C–N with tert-alkyl or cyclic N) is 1. The number of aliphatic hydroxyl groups excluding tert-OH is 1. The molecule has 5 rings (SSSR count). The van der Waals surface area contributed by atoms with E-state index in [1.807, 2.05) is 30.3 Å². The van der Waals surface area contributed by atoms with Crippen LogP contribution in [0.5, 0.6) is 11.5 Å². The number of carbonyl (C=O) groups excluding carboxylic acids is 1. The molecule has 37 heavy (non-hydrogen) atoms. The van der Waals surface area contributed by atoms with Gasteiger partial charge in [0.15, 0.2) is 0 Å². The van der Waals surface area contributed by atoms with Crippen LogP contribution >= 0.6 is 0 Å². The number of esters is 1. The Morgan fingerprint density at radius 2 is 1.97 bits per heavy atom. The number of hydrogen-bond donors (Lipinski definition) is 5. The Hall–Kier alpha value is -3.47. The minimum Gasteiger partial charge on any atom is -0.506 e. The summed E-state index contributed by atoms with van der Waals surface area (Å²) in [6, 6.07) is 13.0. The first kappa shape index (κ1) is 25.2. The third kappa shape index (κ3) is 6.27. The fourth-order valence-electron chi connectivity index (χ4n) is 4.88. The number of fused-ring (bicyclic) bond motifs is 2. The van der Waals surface area contributed by atoms with Gasteiger partial charge in [-0.25, -0.2) is 0 Å². The zero-order valence-electron chi connectivity index (χ0n) is 20.9. The molecule has 0 aliphatic carbocycles. The minimum atomic E-state index is -0.611. The van der Waals surface area contributed by atoms with Crippen LogP contribution in [0.4, 0.5) is 11.4 Å². The van der Waals surface area contributed by atoms with E-state index in [0.717, 1.165) is 48.2 Å². The van der Waals surface area contributed by atoms with Crippen molar-refractivity contribution in [1.29, 1.82) is 0 Å². The van der Waals surface area contributed by atoms with E-state index in [4.69, 9.17) is 14.2 Å². The maximum absolute atomic E-state index is 11.1. The Balaban J connectivity index is 1.03. The topological polar surface area (TPSA) is 128 Å². The molecule has 198 valence electrons. The number of piperidine rings is 1. The van der Waals surface area contributed by atoms with E-state index in [1.54, 1.807) is 12.1 Å². The number of H-pyrrole nitrogens is 1. The lowest BCUT2D eigenvalue weighted by Gasteiger charge is -2.33. The summed E-state index contributed by atoms with van der Waals surface area (Å²) < 4.78 is 17.0. The number of ether oxygens (including phenoxy) is 3. The van der Waals surface area contributed by atoms with Crippen LogP contribution in [0.3, 0.4) is 0 Å². The Kier molecular flexibility index (Phi) is 7.68. The maximum atomic E-state index is 11.1. The Morgan fingerprint density at radius 3 is 2.76 bits per heavy atom. The van der Waals surface area contributed by atoms with Gasteiger partial charge in [-0.3, -0.25) is 4.79 Å². The second-order valence-electron chi connectivity index (χ2n) is 9.70. The molecular formula is C27H34N4O6. The van der Waals surface area contributed by atoms with Gasteiger partial charge < -0.3 is 44.9 Å². The number of aliphatic hydroxyl groups is 1. The van der Waals surface area contributed by atoms with Crippen molar-refractivity contribution in [2.24, 2.45) is 5.92 Å². The van der Waals surface area contributed by atoms with E-state index >= 15 is 0 Å². The summed E-state index contributed by atoms with van der Waals surface area (Å²) in [7, 11) is 0. The first-order valence-corrected chi connectivity index (χ1v) is 12.7. The number of aromatic amines is 1. The van der Waals surface area contributed by atoms with E-state index in [0.29, 0.717) is 30.5 Å². The average molecular weight is 511 g/mol. The molecule has 1 aromatic heterocycles. The number of aromatic nitrogens is 1. The first-order valence-electron chi connectivity index (χ1n) is 12.7.